The molecular formula is C18H17NO4. The molecule has 0 unspecified atom stereocenters. The minimum absolute atomic E-state index is 0.628. The van der Waals surface area contributed by atoms with Gasteiger partial charge in [-0.3, -0.25) is 4.98 Å². The highest BCUT2D eigenvalue weighted by atomic mass is 16.5. The number of methoxy groups -OCH3 is 3. The van der Waals surface area contributed by atoms with Gasteiger partial charge in [0.1, 0.15) is 17.2 Å². The zero-order chi connectivity index (χ0) is 16.2. The van der Waals surface area contributed by atoms with Crippen molar-refractivity contribution >= 4 is 10.9 Å². The summed E-state index contributed by atoms with van der Waals surface area (Å²) in [6, 6.07) is 12.9. The van der Waals surface area contributed by atoms with Crippen molar-refractivity contribution in [2.45, 2.75) is 0 Å². The Hall–Kier alpha value is -2.95. The minimum atomic E-state index is 0.628. The van der Waals surface area contributed by atoms with Crippen molar-refractivity contribution in [3.8, 4) is 28.7 Å². The van der Waals surface area contributed by atoms with Gasteiger partial charge in [-0.2, -0.15) is 0 Å². The van der Waals surface area contributed by atoms with Crippen LogP contribution in [0.25, 0.3) is 10.9 Å². The van der Waals surface area contributed by atoms with Crippen LogP contribution in [-0.2, 0) is 0 Å². The van der Waals surface area contributed by atoms with Crippen LogP contribution in [0, 0.1) is 0 Å². The highest BCUT2D eigenvalue weighted by Gasteiger charge is 2.11. The van der Waals surface area contributed by atoms with Crippen molar-refractivity contribution < 1.29 is 18.9 Å². The Bertz CT molecular complexity index is 832. The van der Waals surface area contributed by atoms with E-state index in [1.54, 1.807) is 27.5 Å². The van der Waals surface area contributed by atoms with E-state index in [9.17, 15) is 0 Å². The topological polar surface area (TPSA) is 49.8 Å². The molecule has 5 heteroatoms. The molecule has 0 aliphatic heterocycles. The predicted octanol–water partition coefficient (Wildman–Crippen LogP) is 4.05. The van der Waals surface area contributed by atoms with Gasteiger partial charge >= 0.3 is 0 Å². The molecule has 0 saturated carbocycles. The van der Waals surface area contributed by atoms with E-state index in [1.165, 1.54) is 0 Å². The van der Waals surface area contributed by atoms with Gasteiger partial charge in [0.2, 0.25) is 0 Å². The van der Waals surface area contributed by atoms with Crippen molar-refractivity contribution in [3.63, 3.8) is 0 Å². The fraction of sp³-hybridized carbons (Fsp3) is 0.167. The summed E-state index contributed by atoms with van der Waals surface area (Å²) in [4.78, 5) is 4.36. The van der Waals surface area contributed by atoms with E-state index in [2.05, 4.69) is 4.98 Å². The number of aromatic nitrogens is 1. The van der Waals surface area contributed by atoms with Crippen molar-refractivity contribution in [2.75, 3.05) is 21.3 Å². The maximum Gasteiger partial charge on any atom is 0.162 e. The van der Waals surface area contributed by atoms with Crippen LogP contribution in [0.1, 0.15) is 0 Å². The molecule has 2 aromatic carbocycles. The third-order valence-electron chi connectivity index (χ3n) is 3.48. The summed E-state index contributed by atoms with van der Waals surface area (Å²) in [5.74, 6) is 3.37. The standard InChI is InChI=1S/C18H17NO4/c1-20-12-5-4-6-13(9-12)23-16-7-8-19-15-11-18(22-3)17(21-2)10-14(15)16/h4-11H,1-3H3. The molecule has 118 valence electrons. The third-order valence-corrected chi connectivity index (χ3v) is 3.48. The molecule has 0 radical (unpaired) electrons. The van der Waals surface area contributed by atoms with Crippen LogP contribution in [0.4, 0.5) is 0 Å². The van der Waals surface area contributed by atoms with Crippen molar-refractivity contribution in [2.24, 2.45) is 0 Å². The van der Waals surface area contributed by atoms with Crippen molar-refractivity contribution in [3.05, 3.63) is 48.7 Å². The van der Waals surface area contributed by atoms with E-state index >= 15 is 0 Å². The summed E-state index contributed by atoms with van der Waals surface area (Å²) >= 11 is 0. The highest BCUT2D eigenvalue weighted by Crippen LogP contribution is 2.37. The largest absolute Gasteiger partial charge is 0.497 e. The zero-order valence-electron chi connectivity index (χ0n) is 13.2. The van der Waals surface area contributed by atoms with E-state index in [1.807, 2.05) is 42.5 Å². The van der Waals surface area contributed by atoms with Crippen LogP contribution in [-0.4, -0.2) is 26.3 Å². The molecule has 1 aromatic heterocycles. The Morgan fingerprint density at radius 2 is 1.48 bits per heavy atom. The number of nitrogens with zero attached hydrogens (tertiary/aromatic N) is 1. The fourth-order valence-corrected chi connectivity index (χ4v) is 2.33. The first-order valence-electron chi connectivity index (χ1n) is 7.08. The van der Waals surface area contributed by atoms with Gasteiger partial charge in [0, 0.05) is 23.7 Å². The molecule has 0 atom stereocenters. The number of benzene rings is 2. The summed E-state index contributed by atoms with van der Waals surface area (Å²) in [5.41, 5.74) is 0.767. The van der Waals surface area contributed by atoms with Crippen LogP contribution in [0.5, 0.6) is 28.7 Å². The van der Waals surface area contributed by atoms with Gasteiger partial charge < -0.3 is 18.9 Å². The predicted molar refractivity (Wildman–Crippen MR) is 87.9 cm³/mol. The molecule has 0 aliphatic carbocycles. The monoisotopic (exact) mass is 311 g/mol. The zero-order valence-corrected chi connectivity index (χ0v) is 13.2. The van der Waals surface area contributed by atoms with Gasteiger partial charge in [0.25, 0.3) is 0 Å². The lowest BCUT2D eigenvalue weighted by atomic mass is 10.2. The second-order valence-corrected chi connectivity index (χ2v) is 4.81. The van der Waals surface area contributed by atoms with Crippen LogP contribution < -0.4 is 18.9 Å². The number of hydrogen-bond donors (Lipinski definition) is 0. The lowest BCUT2D eigenvalue weighted by Gasteiger charge is -2.12. The lowest BCUT2D eigenvalue weighted by Crippen LogP contribution is -1.93. The quantitative estimate of drug-likeness (QED) is 0.711. The Morgan fingerprint density at radius 1 is 0.739 bits per heavy atom. The van der Waals surface area contributed by atoms with Gasteiger partial charge in [0.05, 0.1) is 26.8 Å². The molecule has 0 bridgehead atoms. The Balaban J connectivity index is 2.06. The molecule has 23 heavy (non-hydrogen) atoms. The normalized spacial score (nSPS) is 10.4. The number of rotatable bonds is 5. The van der Waals surface area contributed by atoms with E-state index in [0.29, 0.717) is 23.0 Å². The maximum absolute atomic E-state index is 5.99. The molecular weight excluding hydrogens is 294 g/mol. The summed E-state index contributed by atoms with van der Waals surface area (Å²) in [6.45, 7) is 0. The van der Waals surface area contributed by atoms with Crippen LogP contribution in [0.15, 0.2) is 48.7 Å². The maximum atomic E-state index is 5.99. The van der Waals surface area contributed by atoms with E-state index in [0.717, 1.165) is 16.7 Å². The molecule has 0 amide bonds. The summed E-state index contributed by atoms with van der Waals surface area (Å²) < 4.78 is 21.9. The van der Waals surface area contributed by atoms with Gasteiger partial charge in [-0.1, -0.05) is 6.07 Å². The summed E-state index contributed by atoms with van der Waals surface area (Å²) in [6.07, 6.45) is 1.70. The van der Waals surface area contributed by atoms with Gasteiger partial charge in [-0.25, -0.2) is 0 Å². The van der Waals surface area contributed by atoms with Crippen molar-refractivity contribution in [1.82, 2.24) is 4.98 Å². The van der Waals surface area contributed by atoms with Crippen LogP contribution in [0.3, 0.4) is 0 Å². The van der Waals surface area contributed by atoms with Gasteiger partial charge in [-0.05, 0) is 24.3 Å². The lowest BCUT2D eigenvalue weighted by molar-refractivity contribution is 0.355. The molecule has 0 fully saturated rings. The second kappa shape index (κ2) is 6.44. The number of hydrogen-bond acceptors (Lipinski definition) is 5. The Morgan fingerprint density at radius 3 is 2.22 bits per heavy atom. The van der Waals surface area contributed by atoms with E-state index < -0.39 is 0 Å². The number of ether oxygens (including phenoxy) is 4. The first kappa shape index (κ1) is 15.0. The fourth-order valence-electron chi connectivity index (χ4n) is 2.33. The Kier molecular flexibility index (Phi) is 4.19. The molecule has 3 rings (SSSR count). The average Bonchev–Trinajstić information content (AvgIpc) is 2.61. The smallest absolute Gasteiger partial charge is 0.162 e. The molecule has 3 aromatic rings. The Labute approximate surface area is 134 Å². The molecule has 0 saturated heterocycles. The molecule has 5 nitrogen and oxygen atoms in total. The minimum Gasteiger partial charge on any atom is -0.497 e. The number of pyridine rings is 1. The highest BCUT2D eigenvalue weighted by molar-refractivity contribution is 5.88. The van der Waals surface area contributed by atoms with Crippen LogP contribution in [0.2, 0.25) is 0 Å². The molecule has 0 aliphatic rings. The molecule has 0 N–H and O–H groups in total. The third kappa shape index (κ3) is 2.99. The SMILES string of the molecule is COc1cccc(Oc2ccnc3cc(OC)c(OC)cc23)c1. The summed E-state index contributed by atoms with van der Waals surface area (Å²) in [5, 5.41) is 0.841. The summed E-state index contributed by atoms with van der Waals surface area (Å²) in [7, 11) is 4.82. The molecule has 0 spiro atoms. The van der Waals surface area contributed by atoms with Gasteiger partial charge in [-0.15, -0.1) is 0 Å². The molecule has 1 heterocycles. The first-order valence-corrected chi connectivity index (χ1v) is 7.08. The van der Waals surface area contributed by atoms with Crippen LogP contribution >= 0.6 is 0 Å². The van der Waals surface area contributed by atoms with Gasteiger partial charge in [0.15, 0.2) is 11.5 Å². The van der Waals surface area contributed by atoms with E-state index in [4.69, 9.17) is 18.9 Å². The average molecular weight is 311 g/mol. The van der Waals surface area contributed by atoms with E-state index in [-0.39, 0.29) is 0 Å². The number of fused-ring (bicyclic) bond motifs is 1. The van der Waals surface area contributed by atoms with Crippen molar-refractivity contribution in [1.29, 1.82) is 0 Å². The second-order valence-electron chi connectivity index (χ2n) is 4.81. The first-order chi connectivity index (χ1) is 11.2.